The lowest BCUT2D eigenvalue weighted by Crippen LogP contribution is -2.14. The van der Waals surface area contributed by atoms with Crippen LogP contribution < -0.4 is 0 Å². The van der Waals surface area contributed by atoms with Gasteiger partial charge in [0.15, 0.2) is 0 Å². The van der Waals surface area contributed by atoms with Crippen LogP contribution >= 0.6 is 11.6 Å². The molecule has 1 aromatic rings. The van der Waals surface area contributed by atoms with Gasteiger partial charge in [0.1, 0.15) is 0 Å². The molecule has 0 atom stereocenters. The Morgan fingerprint density at radius 3 is 2.54 bits per heavy atom. The molecule has 0 amide bonds. The minimum atomic E-state index is -1.47. The van der Waals surface area contributed by atoms with Crippen LogP contribution in [0.5, 0.6) is 0 Å². The Bertz CT molecular complexity index is 371. The maximum absolute atomic E-state index is 11.1. The number of hydrogen-bond donors (Lipinski definition) is 1. The average molecular weight is 199 g/mol. The highest BCUT2D eigenvalue weighted by Crippen LogP contribution is 2.18. The summed E-state index contributed by atoms with van der Waals surface area (Å²) in [5, 5.41) is 8.85. The van der Waals surface area contributed by atoms with Gasteiger partial charge in [0.05, 0.1) is 0 Å². The zero-order valence-electron chi connectivity index (χ0n) is 6.87. The first-order chi connectivity index (χ1) is 6.04. The Balaban J connectivity index is 3.23. The summed E-state index contributed by atoms with van der Waals surface area (Å²) >= 11 is 5.72. The van der Waals surface area contributed by atoms with Crippen LogP contribution in [0, 0.1) is 6.92 Å². The molecular weight excluding hydrogens is 192 g/mol. The maximum atomic E-state index is 11.1. The minimum Gasteiger partial charge on any atom is -0.475 e. The molecule has 0 aliphatic carbocycles. The number of ketones is 1. The Kier molecular flexibility index (Phi) is 2.68. The van der Waals surface area contributed by atoms with E-state index in [4.69, 9.17) is 16.7 Å². The van der Waals surface area contributed by atoms with E-state index in [1.54, 1.807) is 19.1 Å². The van der Waals surface area contributed by atoms with Crippen LogP contribution in [-0.4, -0.2) is 16.9 Å². The average Bonchev–Trinajstić information content (AvgIpc) is 2.08. The molecule has 0 saturated heterocycles. The van der Waals surface area contributed by atoms with Gasteiger partial charge in [-0.25, -0.2) is 4.79 Å². The van der Waals surface area contributed by atoms with Gasteiger partial charge < -0.3 is 5.11 Å². The molecular formula is C9H7ClO3. The van der Waals surface area contributed by atoms with Gasteiger partial charge in [-0.15, -0.1) is 0 Å². The zero-order chi connectivity index (χ0) is 10.0. The molecule has 0 spiro atoms. The fourth-order valence-electron chi connectivity index (χ4n) is 0.969. The van der Waals surface area contributed by atoms with Crippen molar-refractivity contribution in [3.05, 3.63) is 34.3 Å². The molecule has 0 bridgehead atoms. The monoisotopic (exact) mass is 198 g/mol. The van der Waals surface area contributed by atoms with E-state index in [9.17, 15) is 9.59 Å². The lowest BCUT2D eigenvalue weighted by atomic mass is 10.1. The molecule has 13 heavy (non-hydrogen) atoms. The van der Waals surface area contributed by atoms with E-state index in [1.807, 2.05) is 0 Å². The van der Waals surface area contributed by atoms with Gasteiger partial charge >= 0.3 is 5.97 Å². The molecule has 0 radical (unpaired) electrons. The molecule has 1 aromatic carbocycles. The summed E-state index contributed by atoms with van der Waals surface area (Å²) in [6.07, 6.45) is 0. The summed E-state index contributed by atoms with van der Waals surface area (Å²) < 4.78 is 0. The van der Waals surface area contributed by atoms with Crippen LogP contribution in [0.15, 0.2) is 18.2 Å². The third-order valence-electron chi connectivity index (χ3n) is 1.71. The number of Topliss-reactive ketones (excluding diaryl/α,β-unsaturated/α-hetero) is 1. The summed E-state index contributed by atoms with van der Waals surface area (Å²) in [5.74, 6) is -2.40. The van der Waals surface area contributed by atoms with Crippen molar-refractivity contribution in [2.45, 2.75) is 6.92 Å². The van der Waals surface area contributed by atoms with Gasteiger partial charge in [0.2, 0.25) is 0 Å². The molecule has 0 aromatic heterocycles. The van der Waals surface area contributed by atoms with Crippen molar-refractivity contribution in [1.29, 1.82) is 0 Å². The first-order valence-electron chi connectivity index (χ1n) is 3.56. The number of carbonyl (C=O) groups excluding carboxylic acids is 1. The topological polar surface area (TPSA) is 54.4 Å². The normalized spacial score (nSPS) is 9.69. The molecule has 0 unspecified atom stereocenters. The van der Waals surface area contributed by atoms with Crippen molar-refractivity contribution in [1.82, 2.24) is 0 Å². The third kappa shape index (κ3) is 1.87. The second-order valence-electron chi connectivity index (χ2n) is 2.55. The fourth-order valence-corrected chi connectivity index (χ4v) is 1.14. The van der Waals surface area contributed by atoms with Gasteiger partial charge in [-0.3, -0.25) is 4.79 Å². The Hall–Kier alpha value is -1.35. The Morgan fingerprint density at radius 2 is 2.00 bits per heavy atom. The van der Waals surface area contributed by atoms with Crippen molar-refractivity contribution < 1.29 is 14.7 Å². The molecule has 0 fully saturated rings. The van der Waals surface area contributed by atoms with Crippen LogP contribution in [0.25, 0.3) is 0 Å². The zero-order valence-corrected chi connectivity index (χ0v) is 7.63. The summed E-state index contributed by atoms with van der Waals surface area (Å²) in [7, 11) is 0. The highest BCUT2D eigenvalue weighted by molar-refractivity contribution is 6.41. The quantitative estimate of drug-likeness (QED) is 0.584. The highest BCUT2D eigenvalue weighted by Gasteiger charge is 2.17. The lowest BCUT2D eigenvalue weighted by molar-refractivity contribution is -0.131. The molecule has 3 nitrogen and oxygen atoms in total. The highest BCUT2D eigenvalue weighted by atomic mass is 35.5. The van der Waals surface area contributed by atoms with Crippen molar-refractivity contribution >= 4 is 23.4 Å². The first-order valence-corrected chi connectivity index (χ1v) is 3.94. The number of rotatable bonds is 2. The number of carbonyl (C=O) groups is 2. The molecule has 0 heterocycles. The van der Waals surface area contributed by atoms with Crippen LogP contribution in [-0.2, 0) is 4.79 Å². The molecule has 4 heteroatoms. The number of carboxylic acids is 1. The van der Waals surface area contributed by atoms with Gasteiger partial charge in [0.25, 0.3) is 5.78 Å². The van der Waals surface area contributed by atoms with E-state index >= 15 is 0 Å². The number of hydrogen-bond acceptors (Lipinski definition) is 2. The Morgan fingerprint density at radius 1 is 1.38 bits per heavy atom. The van der Waals surface area contributed by atoms with Crippen molar-refractivity contribution in [2.75, 3.05) is 0 Å². The number of benzene rings is 1. The van der Waals surface area contributed by atoms with E-state index in [2.05, 4.69) is 0 Å². The lowest BCUT2D eigenvalue weighted by Gasteiger charge is -2.02. The second kappa shape index (κ2) is 3.58. The van der Waals surface area contributed by atoms with Gasteiger partial charge in [-0.1, -0.05) is 23.7 Å². The number of aliphatic carboxylic acids is 1. The molecule has 0 aliphatic rings. The first kappa shape index (κ1) is 9.74. The molecule has 68 valence electrons. The van der Waals surface area contributed by atoms with Crippen LogP contribution in [0.4, 0.5) is 0 Å². The molecule has 0 aliphatic heterocycles. The largest absolute Gasteiger partial charge is 0.475 e. The molecule has 0 saturated carbocycles. The number of halogens is 1. The summed E-state index contributed by atoms with van der Waals surface area (Å²) in [4.78, 5) is 21.4. The number of carboxylic acid groups (broad SMARTS) is 1. The third-order valence-corrected chi connectivity index (χ3v) is 2.12. The minimum absolute atomic E-state index is 0.139. The SMILES string of the molecule is Cc1c(Cl)cccc1C(=O)C(=O)O. The van der Waals surface area contributed by atoms with Gasteiger partial charge in [-0.05, 0) is 18.6 Å². The van der Waals surface area contributed by atoms with Crippen LogP contribution in [0.3, 0.4) is 0 Å². The predicted molar refractivity (Wildman–Crippen MR) is 48.2 cm³/mol. The van der Waals surface area contributed by atoms with Crippen LogP contribution in [0.1, 0.15) is 15.9 Å². The van der Waals surface area contributed by atoms with Gasteiger partial charge in [-0.2, -0.15) is 0 Å². The smallest absolute Gasteiger partial charge is 0.377 e. The van der Waals surface area contributed by atoms with Crippen LogP contribution in [0.2, 0.25) is 5.02 Å². The summed E-state index contributed by atoms with van der Waals surface area (Å²) in [5.41, 5.74) is 0.636. The standard InChI is InChI=1S/C9H7ClO3/c1-5-6(8(11)9(12)13)3-2-4-7(5)10/h2-4H,1H3,(H,12,13). The van der Waals surface area contributed by atoms with E-state index in [0.29, 0.717) is 10.6 Å². The van der Waals surface area contributed by atoms with E-state index in [-0.39, 0.29) is 5.56 Å². The fraction of sp³-hybridized carbons (Fsp3) is 0.111. The molecule has 1 rings (SSSR count). The van der Waals surface area contributed by atoms with E-state index in [0.717, 1.165) is 0 Å². The van der Waals surface area contributed by atoms with E-state index < -0.39 is 11.8 Å². The summed E-state index contributed by atoms with van der Waals surface area (Å²) in [6, 6.07) is 4.60. The van der Waals surface area contributed by atoms with E-state index in [1.165, 1.54) is 6.07 Å². The second-order valence-corrected chi connectivity index (χ2v) is 2.95. The molecule has 1 N–H and O–H groups in total. The summed E-state index contributed by atoms with van der Waals surface area (Å²) in [6.45, 7) is 1.61. The van der Waals surface area contributed by atoms with Crippen molar-refractivity contribution in [3.8, 4) is 0 Å². The Labute approximate surface area is 79.9 Å². The van der Waals surface area contributed by atoms with Gasteiger partial charge in [0, 0.05) is 10.6 Å². The van der Waals surface area contributed by atoms with Crippen molar-refractivity contribution in [2.24, 2.45) is 0 Å². The maximum Gasteiger partial charge on any atom is 0.377 e. The predicted octanol–water partition coefficient (Wildman–Crippen LogP) is 1.92. The van der Waals surface area contributed by atoms with Crippen molar-refractivity contribution in [3.63, 3.8) is 0 Å².